The number of fused-ring (bicyclic) bond motifs is 1. The maximum Gasteiger partial charge on any atom is 0.257 e. The van der Waals surface area contributed by atoms with E-state index < -0.39 is 0 Å². The molecule has 0 aliphatic heterocycles. The SMILES string of the molecule is Cc1nc(-c2cccc(NC(=O)CSc3nc4ccccc4o3)c2)cs1. The van der Waals surface area contributed by atoms with Crippen LogP contribution in [0.1, 0.15) is 5.01 Å². The van der Waals surface area contributed by atoms with Crippen molar-refractivity contribution in [2.45, 2.75) is 12.1 Å². The summed E-state index contributed by atoms with van der Waals surface area (Å²) in [5.74, 6) is 0.121. The molecule has 0 fully saturated rings. The van der Waals surface area contributed by atoms with Gasteiger partial charge in [-0.25, -0.2) is 9.97 Å². The number of hydrogen-bond acceptors (Lipinski definition) is 6. The summed E-state index contributed by atoms with van der Waals surface area (Å²) in [5.41, 5.74) is 4.17. The molecule has 0 radical (unpaired) electrons. The molecule has 1 amide bonds. The second kappa shape index (κ2) is 7.31. The molecule has 0 bridgehead atoms. The highest BCUT2D eigenvalue weighted by atomic mass is 32.2. The number of oxazole rings is 1. The fraction of sp³-hybridized carbons (Fsp3) is 0.105. The van der Waals surface area contributed by atoms with Crippen LogP contribution < -0.4 is 5.32 Å². The summed E-state index contributed by atoms with van der Waals surface area (Å²) < 4.78 is 5.61. The first-order valence-electron chi connectivity index (χ1n) is 7.98. The predicted octanol–water partition coefficient (Wildman–Crippen LogP) is 4.99. The lowest BCUT2D eigenvalue weighted by atomic mass is 10.1. The second-order valence-corrected chi connectivity index (χ2v) is 7.61. The van der Waals surface area contributed by atoms with Gasteiger partial charge in [0, 0.05) is 16.6 Å². The van der Waals surface area contributed by atoms with Crippen LogP contribution in [0.3, 0.4) is 0 Å². The third-order valence-electron chi connectivity index (χ3n) is 3.66. The highest BCUT2D eigenvalue weighted by molar-refractivity contribution is 7.99. The summed E-state index contributed by atoms with van der Waals surface area (Å²) in [7, 11) is 0. The highest BCUT2D eigenvalue weighted by Gasteiger charge is 2.10. The van der Waals surface area contributed by atoms with Gasteiger partial charge in [-0.3, -0.25) is 4.79 Å². The number of amides is 1. The van der Waals surface area contributed by atoms with Crippen molar-refractivity contribution in [1.82, 2.24) is 9.97 Å². The molecule has 0 atom stereocenters. The molecule has 0 unspecified atom stereocenters. The number of thioether (sulfide) groups is 1. The van der Waals surface area contributed by atoms with Crippen LogP contribution in [0.4, 0.5) is 5.69 Å². The molecule has 2 aromatic heterocycles. The van der Waals surface area contributed by atoms with Gasteiger partial charge in [0.25, 0.3) is 5.22 Å². The van der Waals surface area contributed by atoms with Gasteiger partial charge in [0.1, 0.15) is 5.52 Å². The number of anilines is 1. The van der Waals surface area contributed by atoms with Crippen LogP contribution in [-0.4, -0.2) is 21.6 Å². The standard InChI is InChI=1S/C19H15N3O2S2/c1-12-20-16(10-25-12)13-5-4-6-14(9-13)21-18(23)11-26-19-22-15-7-2-3-8-17(15)24-19/h2-10H,11H2,1H3,(H,21,23). The van der Waals surface area contributed by atoms with Crippen molar-refractivity contribution in [3.05, 3.63) is 58.9 Å². The Morgan fingerprint density at radius 3 is 2.88 bits per heavy atom. The number of thiazole rings is 1. The fourth-order valence-corrected chi connectivity index (χ4v) is 3.75. The lowest BCUT2D eigenvalue weighted by molar-refractivity contribution is -0.113. The number of hydrogen-bond donors (Lipinski definition) is 1. The number of carbonyl (C=O) groups is 1. The minimum Gasteiger partial charge on any atom is -0.431 e. The molecule has 2 heterocycles. The molecule has 0 spiro atoms. The van der Waals surface area contributed by atoms with E-state index in [9.17, 15) is 4.79 Å². The van der Waals surface area contributed by atoms with Crippen molar-refractivity contribution in [2.75, 3.05) is 11.1 Å². The van der Waals surface area contributed by atoms with Gasteiger partial charge >= 0.3 is 0 Å². The number of aromatic nitrogens is 2. The second-order valence-electron chi connectivity index (χ2n) is 5.62. The van der Waals surface area contributed by atoms with Crippen LogP contribution in [0.15, 0.2) is 63.6 Å². The van der Waals surface area contributed by atoms with Gasteiger partial charge in [-0.05, 0) is 31.2 Å². The Kier molecular flexibility index (Phi) is 4.73. The molecule has 0 aliphatic carbocycles. The Morgan fingerprint density at radius 1 is 1.19 bits per heavy atom. The van der Waals surface area contributed by atoms with Gasteiger partial charge in [-0.1, -0.05) is 36.0 Å². The van der Waals surface area contributed by atoms with E-state index in [2.05, 4.69) is 15.3 Å². The van der Waals surface area contributed by atoms with Crippen LogP contribution in [-0.2, 0) is 4.79 Å². The first kappa shape index (κ1) is 16.8. The Bertz CT molecular complexity index is 1040. The van der Waals surface area contributed by atoms with E-state index in [1.165, 1.54) is 11.8 Å². The normalized spacial score (nSPS) is 11.0. The zero-order valence-corrected chi connectivity index (χ0v) is 15.6. The van der Waals surface area contributed by atoms with Gasteiger partial charge in [0.2, 0.25) is 5.91 Å². The average molecular weight is 381 g/mol. The van der Waals surface area contributed by atoms with Crippen LogP contribution >= 0.6 is 23.1 Å². The fourth-order valence-electron chi connectivity index (χ4n) is 2.49. The van der Waals surface area contributed by atoms with Crippen molar-refractivity contribution >= 4 is 45.8 Å². The molecule has 0 saturated carbocycles. The number of benzene rings is 2. The predicted molar refractivity (Wildman–Crippen MR) is 106 cm³/mol. The van der Waals surface area contributed by atoms with Gasteiger partial charge in [-0.15, -0.1) is 11.3 Å². The van der Waals surface area contributed by atoms with E-state index in [0.29, 0.717) is 5.22 Å². The number of aryl methyl sites for hydroxylation is 1. The third-order valence-corrected chi connectivity index (χ3v) is 5.26. The van der Waals surface area contributed by atoms with Crippen molar-refractivity contribution < 1.29 is 9.21 Å². The first-order chi connectivity index (χ1) is 12.7. The third kappa shape index (κ3) is 3.79. The molecule has 4 aromatic rings. The van der Waals surface area contributed by atoms with E-state index >= 15 is 0 Å². The molecule has 7 heteroatoms. The maximum absolute atomic E-state index is 12.2. The molecule has 0 aliphatic rings. The molecular weight excluding hydrogens is 366 g/mol. The van der Waals surface area contributed by atoms with E-state index in [0.717, 1.165) is 33.1 Å². The van der Waals surface area contributed by atoms with Gasteiger partial charge in [0.05, 0.1) is 16.5 Å². The van der Waals surface area contributed by atoms with Crippen LogP contribution in [0.2, 0.25) is 0 Å². The summed E-state index contributed by atoms with van der Waals surface area (Å²) in [4.78, 5) is 21.1. The summed E-state index contributed by atoms with van der Waals surface area (Å²) in [6.07, 6.45) is 0. The Hall–Kier alpha value is -2.64. The van der Waals surface area contributed by atoms with Crippen LogP contribution in [0.25, 0.3) is 22.4 Å². The number of para-hydroxylation sites is 2. The Morgan fingerprint density at radius 2 is 2.08 bits per heavy atom. The maximum atomic E-state index is 12.2. The van der Waals surface area contributed by atoms with E-state index in [-0.39, 0.29) is 11.7 Å². The molecular formula is C19H15N3O2S2. The molecule has 0 saturated heterocycles. The van der Waals surface area contributed by atoms with E-state index in [4.69, 9.17) is 4.42 Å². The largest absolute Gasteiger partial charge is 0.431 e. The molecule has 4 rings (SSSR count). The van der Waals surface area contributed by atoms with Crippen molar-refractivity contribution in [3.63, 3.8) is 0 Å². The Labute approximate surface area is 158 Å². The number of rotatable bonds is 5. The molecule has 2 aromatic carbocycles. The number of carbonyl (C=O) groups excluding carboxylic acids is 1. The van der Waals surface area contributed by atoms with E-state index in [1.54, 1.807) is 11.3 Å². The summed E-state index contributed by atoms with van der Waals surface area (Å²) in [6, 6.07) is 15.2. The molecule has 130 valence electrons. The van der Waals surface area contributed by atoms with Crippen molar-refractivity contribution in [1.29, 1.82) is 0 Å². The lowest BCUT2D eigenvalue weighted by Gasteiger charge is -2.05. The Balaban J connectivity index is 1.40. The topological polar surface area (TPSA) is 68.0 Å². The molecule has 1 N–H and O–H groups in total. The van der Waals surface area contributed by atoms with Crippen molar-refractivity contribution in [2.24, 2.45) is 0 Å². The number of nitrogens with zero attached hydrogens (tertiary/aromatic N) is 2. The average Bonchev–Trinajstić information content (AvgIpc) is 3.26. The highest BCUT2D eigenvalue weighted by Crippen LogP contribution is 2.25. The minimum absolute atomic E-state index is 0.108. The summed E-state index contributed by atoms with van der Waals surface area (Å²) in [6.45, 7) is 1.98. The van der Waals surface area contributed by atoms with Crippen LogP contribution in [0.5, 0.6) is 0 Å². The van der Waals surface area contributed by atoms with Gasteiger partial charge in [0.15, 0.2) is 5.58 Å². The summed E-state index contributed by atoms with van der Waals surface area (Å²) in [5, 5.41) is 6.43. The van der Waals surface area contributed by atoms with E-state index in [1.807, 2.05) is 60.8 Å². The summed E-state index contributed by atoms with van der Waals surface area (Å²) >= 11 is 2.88. The van der Waals surface area contributed by atoms with Gasteiger partial charge in [-0.2, -0.15) is 0 Å². The monoisotopic (exact) mass is 381 g/mol. The zero-order valence-electron chi connectivity index (χ0n) is 13.9. The first-order valence-corrected chi connectivity index (χ1v) is 9.85. The molecule has 5 nitrogen and oxygen atoms in total. The zero-order chi connectivity index (χ0) is 17.9. The smallest absolute Gasteiger partial charge is 0.257 e. The number of nitrogens with one attached hydrogen (secondary N) is 1. The lowest BCUT2D eigenvalue weighted by Crippen LogP contribution is -2.13. The minimum atomic E-state index is -0.108. The van der Waals surface area contributed by atoms with Crippen molar-refractivity contribution in [3.8, 4) is 11.3 Å². The quantitative estimate of drug-likeness (QED) is 0.493. The van der Waals surface area contributed by atoms with Crippen LogP contribution in [0, 0.1) is 6.92 Å². The van der Waals surface area contributed by atoms with Gasteiger partial charge < -0.3 is 9.73 Å². The molecule has 26 heavy (non-hydrogen) atoms.